The van der Waals surface area contributed by atoms with Crippen LogP contribution in [0.5, 0.6) is 5.75 Å². The van der Waals surface area contributed by atoms with Crippen LogP contribution in [0.2, 0.25) is 0 Å². The van der Waals surface area contributed by atoms with Gasteiger partial charge in [0.2, 0.25) is 0 Å². The molecule has 2 aromatic carbocycles. The number of hydrogen-bond donors (Lipinski definition) is 1. The van der Waals surface area contributed by atoms with E-state index in [2.05, 4.69) is 24.4 Å². The summed E-state index contributed by atoms with van der Waals surface area (Å²) in [4.78, 5) is 21.8. The second-order valence-electron chi connectivity index (χ2n) is 5.65. The number of ether oxygens (including phenoxy) is 1. The molecule has 0 saturated carbocycles. The number of hydrogen-bond acceptors (Lipinski definition) is 5. The zero-order chi connectivity index (χ0) is 18.2. The van der Waals surface area contributed by atoms with Crippen LogP contribution in [0.15, 0.2) is 53.6 Å². The fraction of sp³-hybridized carbons (Fsp3) is 0.222. The predicted molar refractivity (Wildman–Crippen MR) is 94.9 cm³/mol. The summed E-state index contributed by atoms with van der Waals surface area (Å²) in [6, 6.07) is 13.4. The molecule has 0 radical (unpaired) electrons. The van der Waals surface area contributed by atoms with Crippen LogP contribution in [0, 0.1) is 10.1 Å². The fourth-order valence-corrected chi connectivity index (χ4v) is 1.99. The second kappa shape index (κ2) is 8.58. The number of rotatable bonds is 7. The second-order valence-corrected chi connectivity index (χ2v) is 5.65. The minimum absolute atomic E-state index is 0.00179. The molecule has 2 rings (SSSR count). The molecule has 0 heterocycles. The standard InChI is InChI=1S/C18H19N3O4/c1-13(2)15-5-9-17(10-6-15)25-12-18(22)20-19-11-14-3-7-16(8-4-14)21(23)24/h3-11,13H,12H2,1-2H3,(H,20,22). The van der Waals surface area contributed by atoms with Gasteiger partial charge in [-0.1, -0.05) is 26.0 Å². The Kier molecular flexibility index (Phi) is 6.22. The third-order valence-corrected chi connectivity index (χ3v) is 3.42. The van der Waals surface area contributed by atoms with Crippen LogP contribution >= 0.6 is 0 Å². The van der Waals surface area contributed by atoms with Gasteiger partial charge in [-0.3, -0.25) is 14.9 Å². The van der Waals surface area contributed by atoms with Crippen molar-refractivity contribution in [2.75, 3.05) is 6.61 Å². The van der Waals surface area contributed by atoms with E-state index in [0.29, 0.717) is 17.2 Å². The lowest BCUT2D eigenvalue weighted by atomic mass is 10.0. The molecule has 1 amide bonds. The zero-order valence-corrected chi connectivity index (χ0v) is 14.0. The maximum atomic E-state index is 11.7. The minimum atomic E-state index is -0.478. The van der Waals surface area contributed by atoms with Gasteiger partial charge in [0.1, 0.15) is 5.75 Å². The maximum Gasteiger partial charge on any atom is 0.277 e. The van der Waals surface area contributed by atoms with Crippen molar-refractivity contribution < 1.29 is 14.5 Å². The van der Waals surface area contributed by atoms with E-state index in [1.807, 2.05) is 24.3 Å². The summed E-state index contributed by atoms with van der Waals surface area (Å²) < 4.78 is 5.39. The smallest absolute Gasteiger partial charge is 0.277 e. The largest absolute Gasteiger partial charge is 0.484 e. The number of non-ortho nitro benzene ring substituents is 1. The lowest BCUT2D eigenvalue weighted by Gasteiger charge is -2.08. The summed E-state index contributed by atoms with van der Waals surface area (Å²) in [5, 5.41) is 14.3. The molecule has 7 heteroatoms. The zero-order valence-electron chi connectivity index (χ0n) is 14.0. The van der Waals surface area contributed by atoms with Gasteiger partial charge in [-0.05, 0) is 41.3 Å². The highest BCUT2D eigenvalue weighted by molar-refractivity contribution is 5.83. The van der Waals surface area contributed by atoms with Crippen molar-refractivity contribution in [3.05, 3.63) is 69.8 Å². The Morgan fingerprint density at radius 1 is 1.20 bits per heavy atom. The third-order valence-electron chi connectivity index (χ3n) is 3.42. The minimum Gasteiger partial charge on any atom is -0.484 e. The van der Waals surface area contributed by atoms with Gasteiger partial charge in [-0.15, -0.1) is 0 Å². The van der Waals surface area contributed by atoms with E-state index >= 15 is 0 Å². The van der Waals surface area contributed by atoms with Crippen molar-refractivity contribution in [3.8, 4) is 5.75 Å². The summed E-state index contributed by atoms with van der Waals surface area (Å²) in [5.74, 6) is 0.649. The molecule has 0 saturated heterocycles. The molecule has 130 valence electrons. The van der Waals surface area contributed by atoms with E-state index in [1.54, 1.807) is 12.1 Å². The third kappa shape index (κ3) is 5.72. The summed E-state index contributed by atoms with van der Waals surface area (Å²) in [6.07, 6.45) is 1.40. The van der Waals surface area contributed by atoms with Gasteiger partial charge in [0.05, 0.1) is 11.1 Å². The summed E-state index contributed by atoms with van der Waals surface area (Å²) in [5.41, 5.74) is 4.17. The topological polar surface area (TPSA) is 93.8 Å². The number of nitrogens with one attached hydrogen (secondary N) is 1. The van der Waals surface area contributed by atoms with Crippen LogP contribution in [-0.4, -0.2) is 23.7 Å². The molecule has 25 heavy (non-hydrogen) atoms. The average Bonchev–Trinajstić information content (AvgIpc) is 2.60. The quantitative estimate of drug-likeness (QED) is 0.475. The van der Waals surface area contributed by atoms with Crippen LogP contribution in [-0.2, 0) is 4.79 Å². The molecule has 0 aliphatic rings. The molecular formula is C18H19N3O4. The van der Waals surface area contributed by atoms with Crippen molar-refractivity contribution in [3.63, 3.8) is 0 Å². The fourth-order valence-electron chi connectivity index (χ4n) is 1.99. The normalized spacial score (nSPS) is 10.8. The first kappa shape index (κ1) is 18.1. The monoisotopic (exact) mass is 341 g/mol. The highest BCUT2D eigenvalue weighted by atomic mass is 16.6. The van der Waals surface area contributed by atoms with Gasteiger partial charge in [-0.2, -0.15) is 5.10 Å². The average molecular weight is 341 g/mol. The molecule has 2 aromatic rings. The molecule has 0 aliphatic heterocycles. The SMILES string of the molecule is CC(C)c1ccc(OCC(=O)NN=Cc2ccc([N+](=O)[O-])cc2)cc1. The number of amides is 1. The molecule has 0 aromatic heterocycles. The van der Waals surface area contributed by atoms with Crippen LogP contribution in [0.4, 0.5) is 5.69 Å². The number of nitrogens with zero attached hydrogens (tertiary/aromatic N) is 2. The lowest BCUT2D eigenvalue weighted by Crippen LogP contribution is -2.24. The van der Waals surface area contributed by atoms with Crippen LogP contribution in [0.25, 0.3) is 0 Å². The molecule has 1 N–H and O–H groups in total. The Labute approximate surface area is 145 Å². The number of carbonyl (C=O) groups is 1. The molecular weight excluding hydrogens is 322 g/mol. The van der Waals surface area contributed by atoms with Crippen LogP contribution in [0.1, 0.15) is 30.9 Å². The van der Waals surface area contributed by atoms with E-state index in [9.17, 15) is 14.9 Å². The first-order chi connectivity index (χ1) is 12.0. The van der Waals surface area contributed by atoms with Gasteiger partial charge < -0.3 is 4.74 Å². The summed E-state index contributed by atoms with van der Waals surface area (Å²) in [7, 11) is 0. The first-order valence-electron chi connectivity index (χ1n) is 7.75. The van der Waals surface area contributed by atoms with E-state index < -0.39 is 10.8 Å². The predicted octanol–water partition coefficient (Wildman–Crippen LogP) is 3.25. The molecule has 0 unspecified atom stereocenters. The molecule has 7 nitrogen and oxygen atoms in total. The van der Waals surface area contributed by atoms with Gasteiger partial charge in [0.25, 0.3) is 11.6 Å². The number of carbonyl (C=O) groups excluding carboxylic acids is 1. The van der Waals surface area contributed by atoms with Crippen molar-refractivity contribution in [1.82, 2.24) is 5.43 Å². The maximum absolute atomic E-state index is 11.7. The first-order valence-corrected chi connectivity index (χ1v) is 7.75. The van der Waals surface area contributed by atoms with Crippen molar-refractivity contribution >= 4 is 17.8 Å². The Morgan fingerprint density at radius 3 is 2.40 bits per heavy atom. The van der Waals surface area contributed by atoms with Crippen molar-refractivity contribution in [1.29, 1.82) is 0 Å². The van der Waals surface area contributed by atoms with Crippen molar-refractivity contribution in [2.45, 2.75) is 19.8 Å². The number of nitro benzene ring substituents is 1. The van der Waals surface area contributed by atoms with E-state index in [0.717, 1.165) is 0 Å². The van der Waals surface area contributed by atoms with Gasteiger partial charge in [-0.25, -0.2) is 5.43 Å². The number of nitro groups is 1. The number of benzene rings is 2. The van der Waals surface area contributed by atoms with Gasteiger partial charge in [0, 0.05) is 12.1 Å². The molecule has 0 fully saturated rings. The van der Waals surface area contributed by atoms with Crippen molar-refractivity contribution in [2.24, 2.45) is 5.10 Å². The van der Waals surface area contributed by atoms with E-state index in [-0.39, 0.29) is 12.3 Å². The Bertz CT molecular complexity index is 753. The summed E-state index contributed by atoms with van der Waals surface area (Å²) >= 11 is 0. The molecule has 0 spiro atoms. The van der Waals surface area contributed by atoms with E-state index in [4.69, 9.17) is 4.74 Å². The molecule has 0 atom stereocenters. The Morgan fingerprint density at radius 2 is 1.84 bits per heavy atom. The van der Waals surface area contributed by atoms with Gasteiger partial charge in [0.15, 0.2) is 6.61 Å². The Balaban J connectivity index is 1.79. The van der Waals surface area contributed by atoms with Crippen LogP contribution < -0.4 is 10.2 Å². The molecule has 0 aliphatic carbocycles. The Hall–Kier alpha value is -3.22. The van der Waals surface area contributed by atoms with E-state index in [1.165, 1.54) is 23.9 Å². The summed E-state index contributed by atoms with van der Waals surface area (Å²) in [6.45, 7) is 4.05. The van der Waals surface area contributed by atoms with Gasteiger partial charge >= 0.3 is 0 Å². The number of hydrazone groups is 1. The molecule has 0 bridgehead atoms. The highest BCUT2D eigenvalue weighted by Crippen LogP contribution is 2.18. The lowest BCUT2D eigenvalue weighted by molar-refractivity contribution is -0.384. The van der Waals surface area contributed by atoms with Crippen LogP contribution in [0.3, 0.4) is 0 Å². The highest BCUT2D eigenvalue weighted by Gasteiger charge is 2.04.